The first-order valence-electron chi connectivity index (χ1n) is 3.48. The molecule has 2 nitrogen and oxygen atoms in total. The Bertz CT molecular complexity index is 276. The summed E-state index contributed by atoms with van der Waals surface area (Å²) in [5.41, 5.74) is 1.28. The van der Waals surface area contributed by atoms with E-state index in [4.69, 9.17) is 0 Å². The maximum absolute atomic E-state index is 11.8. The molecule has 1 heterocycles. The van der Waals surface area contributed by atoms with Crippen molar-refractivity contribution in [2.45, 2.75) is 20.5 Å². The summed E-state index contributed by atoms with van der Waals surface area (Å²) in [5.74, 6) is 0.00463. The zero-order valence-corrected chi connectivity index (χ0v) is 6.84. The van der Waals surface area contributed by atoms with Crippen LogP contribution in [-0.4, -0.2) is 11.6 Å². The van der Waals surface area contributed by atoms with Gasteiger partial charge in [0.15, 0.2) is 0 Å². The van der Waals surface area contributed by atoms with Crippen molar-refractivity contribution in [1.29, 1.82) is 0 Å². The zero-order valence-electron chi connectivity index (χ0n) is 6.84. The monoisotopic (exact) mass is 173 g/mol. The molecule has 0 aliphatic rings. The molecule has 0 aliphatic carbocycles. The van der Waals surface area contributed by atoms with E-state index in [-0.39, 0.29) is 5.88 Å². The van der Waals surface area contributed by atoms with Gasteiger partial charge in [0.1, 0.15) is 0 Å². The average Bonchev–Trinajstić information content (AvgIpc) is 1.96. The average molecular weight is 173 g/mol. The van der Waals surface area contributed by atoms with Crippen molar-refractivity contribution >= 4 is 0 Å². The molecule has 0 bridgehead atoms. The Morgan fingerprint density at radius 2 is 2.00 bits per heavy atom. The van der Waals surface area contributed by atoms with Gasteiger partial charge in [-0.2, -0.15) is 8.78 Å². The summed E-state index contributed by atoms with van der Waals surface area (Å²) in [7, 11) is 0. The lowest BCUT2D eigenvalue weighted by Crippen LogP contribution is -2.05. The molecule has 1 rings (SSSR count). The fourth-order valence-electron chi connectivity index (χ4n) is 0.806. The minimum Gasteiger partial charge on any atom is -0.417 e. The van der Waals surface area contributed by atoms with Crippen LogP contribution >= 0.6 is 0 Å². The molecule has 0 unspecified atom stereocenters. The van der Waals surface area contributed by atoms with E-state index in [1.807, 2.05) is 0 Å². The van der Waals surface area contributed by atoms with Crippen LogP contribution in [0.15, 0.2) is 12.1 Å². The van der Waals surface area contributed by atoms with Gasteiger partial charge in [0.2, 0.25) is 5.88 Å². The SMILES string of the molecule is Cc1ccc(C)c(OC(F)F)n1. The van der Waals surface area contributed by atoms with E-state index >= 15 is 0 Å². The molecule has 0 saturated carbocycles. The summed E-state index contributed by atoms with van der Waals surface area (Å²) in [6.07, 6.45) is 0. The number of aromatic nitrogens is 1. The predicted molar refractivity (Wildman–Crippen MR) is 40.3 cm³/mol. The molecule has 0 aliphatic heterocycles. The van der Waals surface area contributed by atoms with Crippen molar-refractivity contribution in [3.8, 4) is 5.88 Å². The van der Waals surface area contributed by atoms with Gasteiger partial charge in [0.05, 0.1) is 0 Å². The highest BCUT2D eigenvalue weighted by Crippen LogP contribution is 2.16. The Balaban J connectivity index is 2.90. The van der Waals surface area contributed by atoms with Crippen molar-refractivity contribution in [2.75, 3.05) is 0 Å². The Labute approximate surface area is 69.2 Å². The highest BCUT2D eigenvalue weighted by Gasteiger charge is 2.07. The minimum atomic E-state index is -2.81. The van der Waals surface area contributed by atoms with Crippen molar-refractivity contribution < 1.29 is 13.5 Å². The highest BCUT2D eigenvalue weighted by atomic mass is 19.3. The van der Waals surface area contributed by atoms with Gasteiger partial charge in [-0.25, -0.2) is 4.98 Å². The largest absolute Gasteiger partial charge is 0.417 e. The summed E-state index contributed by atoms with van der Waals surface area (Å²) in [4.78, 5) is 3.81. The van der Waals surface area contributed by atoms with E-state index in [0.29, 0.717) is 11.3 Å². The number of rotatable bonds is 2. The van der Waals surface area contributed by atoms with Gasteiger partial charge in [-0.1, -0.05) is 6.07 Å². The third-order valence-electron chi connectivity index (χ3n) is 1.39. The van der Waals surface area contributed by atoms with Gasteiger partial charge in [0, 0.05) is 11.3 Å². The lowest BCUT2D eigenvalue weighted by molar-refractivity contribution is -0.0533. The molecule has 0 spiro atoms. The van der Waals surface area contributed by atoms with Gasteiger partial charge in [-0.3, -0.25) is 0 Å². The quantitative estimate of drug-likeness (QED) is 0.684. The van der Waals surface area contributed by atoms with Crippen LogP contribution in [0.25, 0.3) is 0 Å². The zero-order chi connectivity index (χ0) is 9.14. The third-order valence-corrected chi connectivity index (χ3v) is 1.39. The second kappa shape index (κ2) is 3.47. The van der Waals surface area contributed by atoms with Crippen molar-refractivity contribution in [1.82, 2.24) is 4.98 Å². The molecule has 0 radical (unpaired) electrons. The Morgan fingerprint density at radius 3 is 2.58 bits per heavy atom. The lowest BCUT2D eigenvalue weighted by atomic mass is 10.3. The Hall–Kier alpha value is -1.19. The van der Waals surface area contributed by atoms with E-state index in [1.165, 1.54) is 0 Å². The summed E-state index contributed by atoms with van der Waals surface area (Å²) < 4.78 is 27.7. The number of halogens is 2. The number of alkyl halides is 2. The molecule has 12 heavy (non-hydrogen) atoms. The normalized spacial score (nSPS) is 10.4. The topological polar surface area (TPSA) is 22.1 Å². The number of nitrogens with zero attached hydrogens (tertiary/aromatic N) is 1. The van der Waals surface area contributed by atoms with Gasteiger partial charge >= 0.3 is 6.61 Å². The molecular weight excluding hydrogens is 164 g/mol. The van der Waals surface area contributed by atoms with E-state index < -0.39 is 6.61 Å². The lowest BCUT2D eigenvalue weighted by Gasteiger charge is -2.06. The summed E-state index contributed by atoms with van der Waals surface area (Å²) in [6, 6.07) is 3.44. The van der Waals surface area contributed by atoms with E-state index in [1.54, 1.807) is 26.0 Å². The predicted octanol–water partition coefficient (Wildman–Crippen LogP) is 2.30. The number of aryl methyl sites for hydroxylation is 2. The van der Waals surface area contributed by atoms with Crippen LogP contribution in [0.2, 0.25) is 0 Å². The highest BCUT2D eigenvalue weighted by molar-refractivity contribution is 5.26. The van der Waals surface area contributed by atoms with E-state index in [2.05, 4.69) is 9.72 Å². The van der Waals surface area contributed by atoms with E-state index in [9.17, 15) is 8.78 Å². The van der Waals surface area contributed by atoms with Crippen molar-refractivity contribution in [2.24, 2.45) is 0 Å². The van der Waals surface area contributed by atoms with Crippen LogP contribution in [0.3, 0.4) is 0 Å². The second-order valence-corrected chi connectivity index (χ2v) is 2.45. The minimum absolute atomic E-state index is 0.00463. The fraction of sp³-hybridized carbons (Fsp3) is 0.375. The first-order valence-corrected chi connectivity index (χ1v) is 3.48. The Kier molecular flexibility index (Phi) is 2.58. The maximum atomic E-state index is 11.8. The van der Waals surface area contributed by atoms with Gasteiger partial charge in [-0.05, 0) is 19.9 Å². The van der Waals surface area contributed by atoms with Gasteiger partial charge in [0.25, 0.3) is 0 Å². The van der Waals surface area contributed by atoms with Crippen LogP contribution in [0, 0.1) is 13.8 Å². The molecule has 66 valence electrons. The Morgan fingerprint density at radius 1 is 1.33 bits per heavy atom. The molecule has 1 aromatic heterocycles. The fourth-order valence-corrected chi connectivity index (χ4v) is 0.806. The number of pyridine rings is 1. The first kappa shape index (κ1) is 8.90. The summed E-state index contributed by atoms with van der Waals surface area (Å²) in [6.45, 7) is 0.583. The van der Waals surface area contributed by atoms with Crippen LogP contribution in [0.5, 0.6) is 5.88 Å². The summed E-state index contributed by atoms with van der Waals surface area (Å²) >= 11 is 0. The van der Waals surface area contributed by atoms with Crippen molar-refractivity contribution in [3.63, 3.8) is 0 Å². The van der Waals surface area contributed by atoms with Crippen LogP contribution in [-0.2, 0) is 0 Å². The maximum Gasteiger partial charge on any atom is 0.388 e. The number of hydrogen-bond donors (Lipinski definition) is 0. The molecule has 0 N–H and O–H groups in total. The molecule has 0 saturated heterocycles. The van der Waals surface area contributed by atoms with Crippen molar-refractivity contribution in [3.05, 3.63) is 23.4 Å². The number of ether oxygens (including phenoxy) is 1. The van der Waals surface area contributed by atoms with Gasteiger partial charge in [-0.15, -0.1) is 0 Å². The molecule has 4 heteroatoms. The van der Waals surface area contributed by atoms with Crippen LogP contribution in [0.4, 0.5) is 8.78 Å². The molecule has 0 aromatic carbocycles. The standard InChI is InChI=1S/C8H9F2NO/c1-5-3-4-6(2)11-7(5)12-8(9)10/h3-4,8H,1-2H3. The van der Waals surface area contributed by atoms with Gasteiger partial charge < -0.3 is 4.74 Å². The van der Waals surface area contributed by atoms with E-state index in [0.717, 1.165) is 0 Å². The molecule has 1 aromatic rings. The third kappa shape index (κ3) is 2.15. The second-order valence-electron chi connectivity index (χ2n) is 2.45. The summed E-state index contributed by atoms with van der Waals surface area (Å²) in [5, 5.41) is 0. The molecule has 0 amide bonds. The molecule has 0 atom stereocenters. The van der Waals surface area contributed by atoms with Crippen LogP contribution < -0.4 is 4.74 Å². The first-order chi connectivity index (χ1) is 5.59. The molecular formula is C8H9F2NO. The molecule has 0 fully saturated rings. The van der Waals surface area contributed by atoms with Crippen LogP contribution in [0.1, 0.15) is 11.3 Å². The smallest absolute Gasteiger partial charge is 0.388 e. The number of hydrogen-bond acceptors (Lipinski definition) is 2.